The predicted octanol–water partition coefficient (Wildman–Crippen LogP) is 3.92. The molecule has 1 aliphatic heterocycles. The van der Waals surface area contributed by atoms with E-state index in [1.54, 1.807) is 6.08 Å². The minimum atomic E-state index is -1.07. The second-order valence-corrected chi connectivity index (χ2v) is 7.92. The van der Waals surface area contributed by atoms with E-state index in [4.69, 9.17) is 0 Å². The maximum absolute atomic E-state index is 12.5. The molecule has 6 nitrogen and oxygen atoms in total. The Morgan fingerprint density at radius 2 is 1.90 bits per heavy atom. The molecule has 1 heterocycles. The summed E-state index contributed by atoms with van der Waals surface area (Å²) in [6, 6.07) is 9.52. The van der Waals surface area contributed by atoms with Crippen molar-refractivity contribution in [1.82, 2.24) is 9.80 Å². The van der Waals surface area contributed by atoms with Gasteiger partial charge in [0.15, 0.2) is 5.78 Å². The summed E-state index contributed by atoms with van der Waals surface area (Å²) in [5.41, 5.74) is 3.15. The van der Waals surface area contributed by atoms with E-state index < -0.39 is 12.0 Å². The van der Waals surface area contributed by atoms with E-state index in [0.717, 1.165) is 22.3 Å². The Balaban J connectivity index is 2.31. The van der Waals surface area contributed by atoms with Crippen LogP contribution in [0.3, 0.4) is 0 Å². The zero-order valence-electron chi connectivity index (χ0n) is 17.2. The largest absolute Gasteiger partial charge is 0.465 e. The molecule has 152 valence electrons. The molecule has 0 bridgehead atoms. The van der Waals surface area contributed by atoms with E-state index >= 15 is 0 Å². The Morgan fingerprint density at radius 3 is 2.45 bits per heavy atom. The molecule has 1 N–H and O–H groups in total. The molecule has 1 amide bonds. The quantitative estimate of drug-likeness (QED) is 0.766. The average molecular weight is 394 g/mol. The van der Waals surface area contributed by atoms with Gasteiger partial charge >= 0.3 is 6.09 Å². The van der Waals surface area contributed by atoms with E-state index in [-0.39, 0.29) is 23.9 Å². The SMILES string of the molecule is CC(=O)C1C=C2C(=CN(CC(C)C)C(N(C)C(=O)O)=C2c2ccccc2)CC1=O. The fraction of sp³-hybridized carbons (Fsp3) is 0.348. The van der Waals surface area contributed by atoms with Crippen LogP contribution in [0.4, 0.5) is 4.79 Å². The van der Waals surface area contributed by atoms with Gasteiger partial charge in [0, 0.05) is 31.8 Å². The first kappa shape index (κ1) is 20.6. The molecular weight excluding hydrogens is 368 g/mol. The van der Waals surface area contributed by atoms with Crippen LogP contribution < -0.4 is 0 Å². The van der Waals surface area contributed by atoms with Crippen LogP contribution in [0.25, 0.3) is 5.57 Å². The molecule has 1 unspecified atom stereocenters. The van der Waals surface area contributed by atoms with Crippen LogP contribution in [0.15, 0.2) is 59.6 Å². The van der Waals surface area contributed by atoms with Crippen molar-refractivity contribution in [2.75, 3.05) is 13.6 Å². The smallest absolute Gasteiger partial charge is 0.412 e. The molecule has 0 fully saturated rings. The summed E-state index contributed by atoms with van der Waals surface area (Å²) in [6.45, 7) is 6.13. The van der Waals surface area contributed by atoms with Crippen molar-refractivity contribution in [3.63, 3.8) is 0 Å². The summed E-state index contributed by atoms with van der Waals surface area (Å²) in [6.07, 6.45) is 2.64. The van der Waals surface area contributed by atoms with Crippen LogP contribution in [-0.2, 0) is 9.59 Å². The third kappa shape index (κ3) is 4.01. The maximum Gasteiger partial charge on any atom is 0.412 e. The van der Waals surface area contributed by atoms with Crippen molar-refractivity contribution in [2.24, 2.45) is 11.8 Å². The minimum absolute atomic E-state index is 0.126. The van der Waals surface area contributed by atoms with E-state index in [2.05, 4.69) is 13.8 Å². The Labute approximate surface area is 170 Å². The number of carbonyl (C=O) groups excluding carboxylic acids is 2. The highest BCUT2D eigenvalue weighted by Gasteiger charge is 2.36. The first-order valence-corrected chi connectivity index (χ1v) is 9.70. The number of nitrogens with zero attached hydrogens (tertiary/aromatic N) is 2. The Morgan fingerprint density at radius 1 is 1.24 bits per heavy atom. The summed E-state index contributed by atoms with van der Waals surface area (Å²) < 4.78 is 0. The van der Waals surface area contributed by atoms with Gasteiger partial charge in [0.1, 0.15) is 11.6 Å². The predicted molar refractivity (Wildman–Crippen MR) is 111 cm³/mol. The highest BCUT2D eigenvalue weighted by atomic mass is 16.4. The highest BCUT2D eigenvalue weighted by molar-refractivity contribution is 6.08. The molecule has 1 aromatic carbocycles. The lowest BCUT2D eigenvalue weighted by Gasteiger charge is -2.39. The monoisotopic (exact) mass is 394 g/mol. The number of Topliss-reactive ketones (excluding diaryl/α,β-unsaturated/α-hetero) is 2. The third-order valence-electron chi connectivity index (χ3n) is 5.13. The molecule has 3 rings (SSSR count). The minimum Gasteiger partial charge on any atom is -0.465 e. The summed E-state index contributed by atoms with van der Waals surface area (Å²) in [5, 5.41) is 9.75. The Bertz CT molecular complexity index is 941. The molecule has 6 heteroatoms. The number of allylic oxidation sites excluding steroid dienone is 4. The van der Waals surface area contributed by atoms with Crippen molar-refractivity contribution in [1.29, 1.82) is 0 Å². The van der Waals surface area contributed by atoms with Crippen molar-refractivity contribution in [3.05, 3.63) is 65.1 Å². The van der Waals surface area contributed by atoms with Gasteiger partial charge in [-0.2, -0.15) is 0 Å². The van der Waals surface area contributed by atoms with Crippen LogP contribution in [0.5, 0.6) is 0 Å². The Hall–Kier alpha value is -3.15. The Kier molecular flexibility index (Phi) is 5.73. The maximum atomic E-state index is 12.5. The number of rotatable bonds is 5. The average Bonchev–Trinajstić information content (AvgIpc) is 2.65. The summed E-state index contributed by atoms with van der Waals surface area (Å²) >= 11 is 0. The summed E-state index contributed by atoms with van der Waals surface area (Å²) in [7, 11) is 1.52. The molecule has 1 aromatic rings. The fourth-order valence-electron chi connectivity index (χ4n) is 3.85. The number of carboxylic acid groups (broad SMARTS) is 1. The zero-order valence-corrected chi connectivity index (χ0v) is 17.2. The number of ketones is 2. The van der Waals surface area contributed by atoms with Crippen LogP contribution in [-0.4, -0.2) is 46.2 Å². The second kappa shape index (κ2) is 8.07. The van der Waals surface area contributed by atoms with Gasteiger partial charge in [0.25, 0.3) is 0 Å². The zero-order chi connectivity index (χ0) is 21.3. The molecule has 0 aromatic heterocycles. The highest BCUT2D eigenvalue weighted by Crippen LogP contribution is 2.43. The van der Waals surface area contributed by atoms with Crippen LogP contribution in [0.1, 0.15) is 32.8 Å². The van der Waals surface area contributed by atoms with E-state index in [1.165, 1.54) is 18.9 Å². The summed E-state index contributed by atoms with van der Waals surface area (Å²) in [4.78, 5) is 39.6. The lowest BCUT2D eigenvalue weighted by molar-refractivity contribution is -0.129. The van der Waals surface area contributed by atoms with Gasteiger partial charge in [-0.25, -0.2) is 4.79 Å². The number of carbonyl (C=O) groups is 3. The molecule has 0 spiro atoms. The standard InChI is InChI=1S/C23H26N2O4/c1-14(2)12-25-13-17-10-20(27)18(15(3)26)11-19(17)21(16-8-6-5-7-9-16)22(25)24(4)23(28)29/h5-9,11,13-14,18H,10,12H2,1-4H3,(H,28,29). The van der Waals surface area contributed by atoms with Gasteiger partial charge in [-0.1, -0.05) is 50.3 Å². The summed E-state index contributed by atoms with van der Waals surface area (Å²) in [5.74, 6) is -0.319. The lowest BCUT2D eigenvalue weighted by Crippen LogP contribution is -2.39. The second-order valence-electron chi connectivity index (χ2n) is 7.92. The van der Waals surface area contributed by atoms with Crippen molar-refractivity contribution in [2.45, 2.75) is 27.2 Å². The van der Waals surface area contributed by atoms with Crippen LogP contribution in [0, 0.1) is 11.8 Å². The molecule has 0 saturated carbocycles. The number of amides is 1. The normalized spacial score (nSPS) is 19.0. The van der Waals surface area contributed by atoms with E-state index in [9.17, 15) is 19.5 Å². The van der Waals surface area contributed by atoms with Gasteiger partial charge in [-0.3, -0.25) is 14.5 Å². The van der Waals surface area contributed by atoms with Crippen LogP contribution in [0.2, 0.25) is 0 Å². The van der Waals surface area contributed by atoms with E-state index in [0.29, 0.717) is 12.4 Å². The first-order valence-electron chi connectivity index (χ1n) is 9.70. The molecule has 1 atom stereocenters. The van der Waals surface area contributed by atoms with Gasteiger partial charge in [-0.15, -0.1) is 0 Å². The third-order valence-corrected chi connectivity index (χ3v) is 5.13. The molecular formula is C23H26N2O4. The topological polar surface area (TPSA) is 77.9 Å². The molecule has 29 heavy (non-hydrogen) atoms. The van der Waals surface area contributed by atoms with Crippen molar-refractivity contribution >= 4 is 23.2 Å². The van der Waals surface area contributed by atoms with Crippen LogP contribution >= 0.6 is 0 Å². The number of hydrogen-bond acceptors (Lipinski definition) is 4. The molecule has 1 aliphatic carbocycles. The van der Waals surface area contributed by atoms with Crippen molar-refractivity contribution < 1.29 is 19.5 Å². The molecule has 0 radical (unpaired) electrons. The van der Waals surface area contributed by atoms with Gasteiger partial charge in [0.05, 0.1) is 5.92 Å². The van der Waals surface area contributed by atoms with Gasteiger partial charge in [-0.05, 0) is 29.6 Å². The van der Waals surface area contributed by atoms with Crippen molar-refractivity contribution in [3.8, 4) is 0 Å². The van der Waals surface area contributed by atoms with Gasteiger partial charge < -0.3 is 10.0 Å². The lowest BCUT2D eigenvalue weighted by atomic mass is 9.78. The fourth-order valence-corrected chi connectivity index (χ4v) is 3.85. The number of fused-ring (bicyclic) bond motifs is 1. The van der Waals surface area contributed by atoms with E-state index in [1.807, 2.05) is 41.4 Å². The molecule has 0 saturated heterocycles. The number of hydrogen-bond donors (Lipinski definition) is 1. The molecule has 2 aliphatic rings. The first-order chi connectivity index (χ1) is 13.7. The number of benzene rings is 1. The van der Waals surface area contributed by atoms with Gasteiger partial charge in [0.2, 0.25) is 0 Å².